The van der Waals surface area contributed by atoms with Gasteiger partial charge in [0.15, 0.2) is 0 Å². The quantitative estimate of drug-likeness (QED) is 0.0865. The highest BCUT2D eigenvalue weighted by Gasteiger charge is 2.02. The summed E-state index contributed by atoms with van der Waals surface area (Å²) in [6, 6.07) is 0. The molecule has 0 aromatic carbocycles. The van der Waals surface area contributed by atoms with Crippen molar-refractivity contribution in [2.45, 2.75) is 129 Å². The summed E-state index contributed by atoms with van der Waals surface area (Å²) < 4.78 is 21.9. The number of hydrogen-bond donors (Lipinski definition) is 0. The first kappa shape index (κ1) is 32.4. The largest absolute Gasteiger partial charge is 0.466 e. The number of hydrogen-bond acceptors (Lipinski definition) is 5. The first-order valence-electron chi connectivity index (χ1n) is 14.2. The molecule has 0 aliphatic carbocycles. The van der Waals surface area contributed by atoms with Crippen LogP contribution in [0.4, 0.5) is 0 Å². The first-order valence-corrected chi connectivity index (χ1v) is 14.2. The molecule has 0 aromatic rings. The summed E-state index contributed by atoms with van der Waals surface area (Å²) in [7, 11) is 0. The fraction of sp³-hybridized carbons (Fsp3) is 0.964. The van der Waals surface area contributed by atoms with E-state index in [2.05, 4.69) is 13.8 Å². The normalized spacial score (nSPS) is 11.2. The second-order valence-electron chi connectivity index (χ2n) is 9.11. The van der Waals surface area contributed by atoms with E-state index in [9.17, 15) is 4.79 Å². The topological polar surface area (TPSA) is 54.0 Å². The zero-order valence-corrected chi connectivity index (χ0v) is 22.2. The Morgan fingerprint density at radius 1 is 0.424 bits per heavy atom. The number of rotatable bonds is 28. The minimum atomic E-state index is -0.103. The number of esters is 1. The van der Waals surface area contributed by atoms with Gasteiger partial charge in [-0.2, -0.15) is 0 Å². The summed E-state index contributed by atoms with van der Waals surface area (Å²) in [6.07, 6.45) is 21.8. The number of unbranched alkanes of at least 4 members (excludes halogenated alkanes) is 14. The van der Waals surface area contributed by atoms with Crippen LogP contribution < -0.4 is 0 Å². The molecule has 0 amide bonds. The van der Waals surface area contributed by atoms with Crippen molar-refractivity contribution in [1.82, 2.24) is 0 Å². The van der Waals surface area contributed by atoms with Crippen LogP contribution in [0.1, 0.15) is 129 Å². The molecule has 0 heterocycles. The zero-order chi connectivity index (χ0) is 24.1. The molecule has 0 N–H and O–H groups in total. The maximum atomic E-state index is 11.7. The van der Waals surface area contributed by atoms with E-state index in [-0.39, 0.29) is 5.97 Å². The van der Waals surface area contributed by atoms with Crippen LogP contribution >= 0.6 is 0 Å². The van der Waals surface area contributed by atoms with Crippen LogP contribution in [0.15, 0.2) is 0 Å². The second-order valence-corrected chi connectivity index (χ2v) is 9.11. The molecule has 5 nitrogen and oxygen atoms in total. The molecular formula is C28H56O5. The summed E-state index contributed by atoms with van der Waals surface area (Å²) in [4.78, 5) is 11.7. The monoisotopic (exact) mass is 472 g/mol. The molecule has 33 heavy (non-hydrogen) atoms. The van der Waals surface area contributed by atoms with Gasteiger partial charge in [-0.1, -0.05) is 104 Å². The van der Waals surface area contributed by atoms with Crippen LogP contribution in [0.25, 0.3) is 0 Å². The van der Waals surface area contributed by atoms with Crippen LogP contribution in [0.5, 0.6) is 0 Å². The van der Waals surface area contributed by atoms with Crippen molar-refractivity contribution in [3.63, 3.8) is 0 Å². The van der Waals surface area contributed by atoms with Gasteiger partial charge in [0, 0.05) is 19.6 Å². The molecule has 0 fully saturated rings. The lowest BCUT2D eigenvalue weighted by molar-refractivity contribution is -0.144. The van der Waals surface area contributed by atoms with Crippen molar-refractivity contribution in [3.8, 4) is 0 Å². The van der Waals surface area contributed by atoms with Crippen molar-refractivity contribution in [2.24, 2.45) is 0 Å². The third-order valence-electron chi connectivity index (χ3n) is 5.82. The summed E-state index contributed by atoms with van der Waals surface area (Å²) in [5.74, 6) is -0.103. The Morgan fingerprint density at radius 3 is 1.27 bits per heavy atom. The SMILES string of the molecule is CCCCCCCCCCCCOC(=O)CCCOCCOCCOCCCCCCCC. The summed E-state index contributed by atoms with van der Waals surface area (Å²) >= 11 is 0. The Hall–Kier alpha value is -0.650. The van der Waals surface area contributed by atoms with Crippen molar-refractivity contribution in [3.05, 3.63) is 0 Å². The van der Waals surface area contributed by atoms with Crippen LogP contribution in [0.2, 0.25) is 0 Å². The molecule has 0 atom stereocenters. The van der Waals surface area contributed by atoms with Gasteiger partial charge in [0.05, 0.1) is 33.0 Å². The van der Waals surface area contributed by atoms with Gasteiger partial charge in [0.1, 0.15) is 0 Å². The minimum absolute atomic E-state index is 0.103. The fourth-order valence-corrected chi connectivity index (χ4v) is 3.69. The lowest BCUT2D eigenvalue weighted by Gasteiger charge is -2.07. The number of ether oxygens (including phenoxy) is 4. The Bertz CT molecular complexity index is 375. The molecule has 0 saturated heterocycles. The summed E-state index contributed by atoms with van der Waals surface area (Å²) in [5, 5.41) is 0. The molecule has 198 valence electrons. The van der Waals surface area contributed by atoms with Gasteiger partial charge in [-0.15, -0.1) is 0 Å². The zero-order valence-electron chi connectivity index (χ0n) is 22.2. The second kappa shape index (κ2) is 29.4. The van der Waals surface area contributed by atoms with Crippen LogP contribution in [-0.4, -0.2) is 52.2 Å². The minimum Gasteiger partial charge on any atom is -0.466 e. The van der Waals surface area contributed by atoms with Crippen molar-refractivity contribution < 1.29 is 23.7 Å². The first-order chi connectivity index (χ1) is 16.3. The van der Waals surface area contributed by atoms with Gasteiger partial charge in [-0.25, -0.2) is 0 Å². The summed E-state index contributed by atoms with van der Waals surface area (Å²) in [5.41, 5.74) is 0. The molecule has 0 saturated carbocycles. The molecule has 0 aliphatic rings. The van der Waals surface area contributed by atoms with E-state index in [0.29, 0.717) is 52.5 Å². The maximum absolute atomic E-state index is 11.7. The molecule has 0 aliphatic heterocycles. The van der Waals surface area contributed by atoms with Gasteiger partial charge in [0.2, 0.25) is 0 Å². The average molecular weight is 473 g/mol. The van der Waals surface area contributed by atoms with Gasteiger partial charge in [-0.3, -0.25) is 4.79 Å². The van der Waals surface area contributed by atoms with Gasteiger partial charge in [0.25, 0.3) is 0 Å². The predicted octanol–water partition coefficient (Wildman–Crippen LogP) is 7.64. The van der Waals surface area contributed by atoms with E-state index in [1.807, 2.05) is 0 Å². The van der Waals surface area contributed by atoms with Crippen LogP contribution in [0.3, 0.4) is 0 Å². The highest BCUT2D eigenvalue weighted by molar-refractivity contribution is 5.69. The Labute approximate surface area is 205 Å². The highest BCUT2D eigenvalue weighted by Crippen LogP contribution is 2.10. The molecule has 5 heteroatoms. The van der Waals surface area contributed by atoms with Crippen LogP contribution in [0, 0.1) is 0 Å². The molecule has 0 radical (unpaired) electrons. The van der Waals surface area contributed by atoms with Gasteiger partial charge < -0.3 is 18.9 Å². The smallest absolute Gasteiger partial charge is 0.305 e. The standard InChI is InChI=1S/C28H56O5/c1-3-5-7-9-11-12-13-14-16-18-23-33-28(29)20-19-22-31-25-27-32-26-24-30-21-17-15-10-8-6-4-2/h3-27H2,1-2H3. The third-order valence-corrected chi connectivity index (χ3v) is 5.82. The van der Waals surface area contributed by atoms with E-state index >= 15 is 0 Å². The lowest BCUT2D eigenvalue weighted by Crippen LogP contribution is -2.11. The summed E-state index contributed by atoms with van der Waals surface area (Å²) in [6.45, 7) is 8.87. The fourth-order valence-electron chi connectivity index (χ4n) is 3.69. The van der Waals surface area contributed by atoms with Crippen molar-refractivity contribution >= 4 is 5.97 Å². The van der Waals surface area contributed by atoms with E-state index in [4.69, 9.17) is 18.9 Å². The van der Waals surface area contributed by atoms with Crippen molar-refractivity contribution in [1.29, 1.82) is 0 Å². The Morgan fingerprint density at radius 2 is 0.788 bits per heavy atom. The van der Waals surface area contributed by atoms with Crippen molar-refractivity contribution in [2.75, 3.05) is 46.2 Å². The van der Waals surface area contributed by atoms with E-state index < -0.39 is 0 Å². The van der Waals surface area contributed by atoms with Gasteiger partial charge in [-0.05, 0) is 19.3 Å². The Kier molecular flexibility index (Phi) is 28.8. The third kappa shape index (κ3) is 29.3. The van der Waals surface area contributed by atoms with E-state index in [1.165, 1.54) is 83.5 Å². The molecule has 0 unspecified atom stereocenters. The predicted molar refractivity (Wildman–Crippen MR) is 138 cm³/mol. The Balaban J connectivity index is 3.13. The van der Waals surface area contributed by atoms with Gasteiger partial charge >= 0.3 is 5.97 Å². The molecule has 0 rings (SSSR count). The molecule has 0 aromatic heterocycles. The van der Waals surface area contributed by atoms with Crippen LogP contribution in [-0.2, 0) is 23.7 Å². The molecular weight excluding hydrogens is 416 g/mol. The highest BCUT2D eigenvalue weighted by atomic mass is 16.5. The lowest BCUT2D eigenvalue weighted by atomic mass is 10.1. The van der Waals surface area contributed by atoms with E-state index in [1.54, 1.807) is 0 Å². The number of carbonyl (C=O) groups excluding carboxylic acids is 1. The molecule has 0 bridgehead atoms. The maximum Gasteiger partial charge on any atom is 0.305 e. The number of carbonyl (C=O) groups is 1. The van der Waals surface area contributed by atoms with E-state index in [0.717, 1.165) is 25.9 Å². The molecule has 0 spiro atoms. The average Bonchev–Trinajstić information content (AvgIpc) is 2.82.